The van der Waals surface area contributed by atoms with Crippen molar-refractivity contribution in [3.8, 4) is 0 Å². The van der Waals surface area contributed by atoms with Crippen LogP contribution in [0, 0.1) is 0 Å². The van der Waals surface area contributed by atoms with Crippen LogP contribution in [0.2, 0.25) is 0 Å². The number of carbonyl (C=O) groups excluding carboxylic acids is 1. The van der Waals surface area contributed by atoms with E-state index in [2.05, 4.69) is 19.2 Å². The zero-order valence-electron chi connectivity index (χ0n) is 11.8. The molecule has 0 aliphatic heterocycles. The van der Waals surface area contributed by atoms with E-state index in [1.54, 1.807) is 11.8 Å². The van der Waals surface area contributed by atoms with Gasteiger partial charge in [-0.1, -0.05) is 6.92 Å². The van der Waals surface area contributed by atoms with Crippen LogP contribution in [0.4, 0.5) is 0 Å². The molecule has 0 spiro atoms. The molecule has 102 valence electrons. The molecule has 0 amide bonds. The summed E-state index contributed by atoms with van der Waals surface area (Å²) in [4.78, 5) is 11.4. The van der Waals surface area contributed by atoms with E-state index in [1.165, 1.54) is 0 Å². The number of ether oxygens (including phenoxy) is 1. The smallest absolute Gasteiger partial charge is 0.316 e. The number of hydrogen-bond acceptors (Lipinski definition) is 4. The van der Waals surface area contributed by atoms with Crippen molar-refractivity contribution < 1.29 is 9.53 Å². The van der Waals surface area contributed by atoms with E-state index in [0.29, 0.717) is 11.8 Å². The van der Waals surface area contributed by atoms with E-state index >= 15 is 0 Å². The molecule has 0 aromatic heterocycles. The van der Waals surface area contributed by atoms with Crippen molar-refractivity contribution in [2.45, 2.75) is 59.1 Å². The van der Waals surface area contributed by atoms with Gasteiger partial charge in [-0.05, 0) is 52.8 Å². The average Bonchev–Trinajstić information content (AvgIpc) is 2.19. The summed E-state index contributed by atoms with van der Waals surface area (Å²) in [5.41, 5.74) is -0.367. The highest BCUT2D eigenvalue weighted by Gasteiger charge is 2.15. The van der Waals surface area contributed by atoms with E-state index in [4.69, 9.17) is 4.74 Å². The van der Waals surface area contributed by atoms with Gasteiger partial charge < -0.3 is 10.1 Å². The quantitative estimate of drug-likeness (QED) is 0.538. The Bertz CT molecular complexity index is 214. The van der Waals surface area contributed by atoms with Gasteiger partial charge in [-0.15, -0.1) is 0 Å². The van der Waals surface area contributed by atoms with Gasteiger partial charge in [0.25, 0.3) is 0 Å². The number of esters is 1. The minimum absolute atomic E-state index is 0.114. The molecule has 0 aromatic rings. The SMILES string of the molecule is CCCNC(C)CCSCC(=O)OC(C)(C)C. The second-order valence-corrected chi connectivity index (χ2v) is 6.39. The van der Waals surface area contributed by atoms with Crippen LogP contribution in [0.3, 0.4) is 0 Å². The molecule has 1 unspecified atom stereocenters. The van der Waals surface area contributed by atoms with Crippen molar-refractivity contribution in [1.29, 1.82) is 0 Å². The van der Waals surface area contributed by atoms with Crippen molar-refractivity contribution >= 4 is 17.7 Å². The van der Waals surface area contributed by atoms with Crippen LogP contribution >= 0.6 is 11.8 Å². The van der Waals surface area contributed by atoms with Gasteiger partial charge in [0, 0.05) is 6.04 Å². The van der Waals surface area contributed by atoms with Gasteiger partial charge in [-0.3, -0.25) is 4.79 Å². The van der Waals surface area contributed by atoms with Crippen molar-refractivity contribution in [2.24, 2.45) is 0 Å². The maximum atomic E-state index is 11.4. The zero-order chi connectivity index (χ0) is 13.3. The maximum absolute atomic E-state index is 11.4. The van der Waals surface area contributed by atoms with Gasteiger partial charge in [0.05, 0.1) is 5.75 Å². The Morgan fingerprint density at radius 2 is 2.06 bits per heavy atom. The molecule has 0 rings (SSSR count). The summed E-state index contributed by atoms with van der Waals surface area (Å²) < 4.78 is 5.23. The molecule has 0 radical (unpaired) electrons. The summed E-state index contributed by atoms with van der Waals surface area (Å²) in [6.07, 6.45) is 2.25. The first-order valence-electron chi connectivity index (χ1n) is 6.38. The lowest BCUT2D eigenvalue weighted by molar-refractivity contribution is -0.151. The molecule has 0 fully saturated rings. The predicted molar refractivity (Wildman–Crippen MR) is 75.5 cm³/mol. The summed E-state index contributed by atoms with van der Waals surface area (Å²) >= 11 is 1.65. The number of hydrogen-bond donors (Lipinski definition) is 1. The zero-order valence-corrected chi connectivity index (χ0v) is 12.7. The topological polar surface area (TPSA) is 38.3 Å². The number of carbonyl (C=O) groups is 1. The first kappa shape index (κ1) is 16.8. The third-order valence-corrected chi connectivity index (χ3v) is 3.04. The number of thioether (sulfide) groups is 1. The molecule has 0 bridgehead atoms. The third kappa shape index (κ3) is 12.0. The molecule has 0 heterocycles. The Balaban J connectivity index is 3.48. The van der Waals surface area contributed by atoms with Gasteiger partial charge in [0.1, 0.15) is 5.60 Å². The summed E-state index contributed by atoms with van der Waals surface area (Å²) in [6.45, 7) is 11.1. The lowest BCUT2D eigenvalue weighted by atomic mass is 10.2. The van der Waals surface area contributed by atoms with Crippen LogP contribution in [0.15, 0.2) is 0 Å². The summed E-state index contributed by atoms with van der Waals surface area (Å²) in [5, 5.41) is 3.43. The number of rotatable bonds is 8. The highest BCUT2D eigenvalue weighted by molar-refractivity contribution is 7.99. The fourth-order valence-corrected chi connectivity index (χ4v) is 2.17. The van der Waals surface area contributed by atoms with Crippen LogP contribution in [-0.2, 0) is 9.53 Å². The minimum atomic E-state index is -0.367. The van der Waals surface area contributed by atoms with Crippen LogP contribution in [0.5, 0.6) is 0 Å². The first-order chi connectivity index (χ1) is 7.85. The van der Waals surface area contributed by atoms with Gasteiger partial charge in [-0.25, -0.2) is 0 Å². The highest BCUT2D eigenvalue weighted by Crippen LogP contribution is 2.11. The van der Waals surface area contributed by atoms with Crippen LogP contribution in [0.1, 0.15) is 47.5 Å². The molecule has 0 aromatic carbocycles. The Labute approximate surface area is 110 Å². The van der Waals surface area contributed by atoms with Gasteiger partial charge in [-0.2, -0.15) is 11.8 Å². The molecule has 0 saturated carbocycles. The monoisotopic (exact) mass is 261 g/mol. The molecule has 4 heteroatoms. The minimum Gasteiger partial charge on any atom is -0.459 e. The second kappa shape index (κ2) is 8.81. The summed E-state index contributed by atoms with van der Waals surface area (Å²) in [7, 11) is 0. The molecule has 3 nitrogen and oxygen atoms in total. The molecule has 0 aliphatic rings. The number of nitrogens with one attached hydrogen (secondary N) is 1. The Morgan fingerprint density at radius 1 is 1.41 bits per heavy atom. The molecular formula is C13H27NO2S. The van der Waals surface area contributed by atoms with Crippen LogP contribution < -0.4 is 5.32 Å². The fourth-order valence-electron chi connectivity index (χ4n) is 1.28. The van der Waals surface area contributed by atoms with E-state index in [1.807, 2.05) is 20.8 Å². The van der Waals surface area contributed by atoms with E-state index in [9.17, 15) is 4.79 Å². The van der Waals surface area contributed by atoms with Crippen molar-refractivity contribution in [2.75, 3.05) is 18.1 Å². The van der Waals surface area contributed by atoms with Crippen molar-refractivity contribution in [1.82, 2.24) is 5.32 Å². The fraction of sp³-hybridized carbons (Fsp3) is 0.923. The predicted octanol–water partition coefficient (Wildman–Crippen LogP) is 2.84. The van der Waals surface area contributed by atoms with Crippen LogP contribution in [0.25, 0.3) is 0 Å². The first-order valence-corrected chi connectivity index (χ1v) is 7.53. The standard InChI is InChI=1S/C13H27NO2S/c1-6-8-14-11(2)7-9-17-10-12(15)16-13(3,4)5/h11,14H,6-10H2,1-5H3. The average molecular weight is 261 g/mol. The molecule has 0 aliphatic carbocycles. The normalized spacial score (nSPS) is 13.5. The van der Waals surface area contributed by atoms with E-state index in [0.717, 1.165) is 25.1 Å². The molecule has 0 saturated heterocycles. The Hall–Kier alpha value is -0.220. The molecule has 1 atom stereocenters. The molecule has 1 N–H and O–H groups in total. The van der Waals surface area contributed by atoms with Gasteiger partial charge in [0.2, 0.25) is 0 Å². The molecular weight excluding hydrogens is 234 g/mol. The Morgan fingerprint density at radius 3 is 2.59 bits per heavy atom. The van der Waals surface area contributed by atoms with Gasteiger partial charge >= 0.3 is 5.97 Å². The van der Waals surface area contributed by atoms with Gasteiger partial charge in [0.15, 0.2) is 0 Å². The third-order valence-electron chi connectivity index (χ3n) is 2.08. The highest BCUT2D eigenvalue weighted by atomic mass is 32.2. The lowest BCUT2D eigenvalue weighted by Crippen LogP contribution is -2.27. The van der Waals surface area contributed by atoms with Crippen molar-refractivity contribution in [3.05, 3.63) is 0 Å². The largest absolute Gasteiger partial charge is 0.459 e. The van der Waals surface area contributed by atoms with E-state index in [-0.39, 0.29) is 11.6 Å². The lowest BCUT2D eigenvalue weighted by Gasteiger charge is -2.19. The second-order valence-electron chi connectivity index (χ2n) is 5.28. The Kier molecular flexibility index (Phi) is 8.70. The summed E-state index contributed by atoms with van der Waals surface area (Å²) in [5.74, 6) is 1.34. The van der Waals surface area contributed by atoms with Crippen molar-refractivity contribution in [3.63, 3.8) is 0 Å². The maximum Gasteiger partial charge on any atom is 0.316 e. The van der Waals surface area contributed by atoms with Crippen LogP contribution in [-0.4, -0.2) is 35.7 Å². The summed E-state index contributed by atoms with van der Waals surface area (Å²) in [6, 6.07) is 0.529. The molecule has 17 heavy (non-hydrogen) atoms. The van der Waals surface area contributed by atoms with E-state index < -0.39 is 0 Å².